The van der Waals surface area contributed by atoms with E-state index in [1.807, 2.05) is 6.92 Å². The van der Waals surface area contributed by atoms with Gasteiger partial charge < -0.3 is 4.74 Å². The van der Waals surface area contributed by atoms with Crippen LogP contribution in [0, 0.1) is 6.92 Å². The first-order valence-corrected chi connectivity index (χ1v) is 10.9. The average molecular weight is 430 g/mol. The Morgan fingerprint density at radius 2 is 1.81 bits per heavy atom. The summed E-state index contributed by atoms with van der Waals surface area (Å²) in [4.78, 5) is 25.8. The lowest BCUT2D eigenvalue weighted by Crippen LogP contribution is -2.30. The number of ketones is 1. The summed E-state index contributed by atoms with van der Waals surface area (Å²) in [6.45, 7) is 5.48. The van der Waals surface area contributed by atoms with Crippen molar-refractivity contribution < 1.29 is 22.7 Å². The Morgan fingerprint density at radius 1 is 1.15 bits per heavy atom. The van der Waals surface area contributed by atoms with Gasteiger partial charge in [0.15, 0.2) is 6.61 Å². The van der Waals surface area contributed by atoms with Crippen LogP contribution in [-0.2, 0) is 14.8 Å². The summed E-state index contributed by atoms with van der Waals surface area (Å²) in [5.41, 5.74) is -0.0972. The molecule has 0 amide bonds. The van der Waals surface area contributed by atoms with E-state index in [9.17, 15) is 18.0 Å². The Hall–Kier alpha value is -1.74. The zero-order chi connectivity index (χ0) is 20.2. The Labute approximate surface area is 167 Å². The number of rotatable bonds is 8. The van der Waals surface area contributed by atoms with Crippen LogP contribution in [0.2, 0.25) is 5.02 Å². The molecule has 0 fully saturated rings. The fourth-order valence-electron chi connectivity index (χ4n) is 2.40. The first kappa shape index (κ1) is 21.6. The summed E-state index contributed by atoms with van der Waals surface area (Å²) in [7, 11) is -3.74. The van der Waals surface area contributed by atoms with E-state index in [0.29, 0.717) is 18.0 Å². The van der Waals surface area contributed by atoms with Crippen LogP contribution in [0.1, 0.15) is 38.8 Å². The third-order valence-electron chi connectivity index (χ3n) is 3.85. The van der Waals surface area contributed by atoms with Gasteiger partial charge in [-0.15, -0.1) is 11.3 Å². The molecule has 0 atom stereocenters. The third kappa shape index (κ3) is 4.95. The molecule has 27 heavy (non-hydrogen) atoms. The highest BCUT2D eigenvalue weighted by Gasteiger charge is 2.24. The molecule has 146 valence electrons. The Morgan fingerprint density at radius 3 is 2.37 bits per heavy atom. The van der Waals surface area contributed by atoms with Gasteiger partial charge in [0.05, 0.1) is 20.4 Å². The summed E-state index contributed by atoms with van der Waals surface area (Å²) in [5, 5.41) is 0.0536. The van der Waals surface area contributed by atoms with Crippen LogP contribution in [0.5, 0.6) is 0 Å². The van der Waals surface area contributed by atoms with Crippen LogP contribution >= 0.6 is 22.9 Å². The average Bonchev–Trinajstić information content (AvgIpc) is 3.07. The van der Waals surface area contributed by atoms with Crippen LogP contribution in [0.15, 0.2) is 35.2 Å². The number of ether oxygens (including phenoxy) is 1. The van der Waals surface area contributed by atoms with Crippen molar-refractivity contribution in [1.82, 2.24) is 4.31 Å². The van der Waals surface area contributed by atoms with Crippen LogP contribution in [0.3, 0.4) is 0 Å². The molecule has 0 aliphatic heterocycles. The fourth-order valence-corrected chi connectivity index (χ4v) is 4.87. The molecule has 0 saturated heterocycles. The number of sulfonamides is 1. The Bertz CT molecular complexity index is 948. The number of hydrogen-bond donors (Lipinski definition) is 0. The number of benzene rings is 1. The van der Waals surface area contributed by atoms with E-state index in [1.165, 1.54) is 33.8 Å². The Kier molecular flexibility index (Phi) is 7.16. The number of nitrogens with zero attached hydrogens (tertiary/aromatic N) is 1. The maximum atomic E-state index is 12.6. The van der Waals surface area contributed by atoms with Crippen molar-refractivity contribution >= 4 is 44.7 Å². The molecule has 0 bridgehead atoms. The van der Waals surface area contributed by atoms with Crippen LogP contribution in [0.4, 0.5) is 0 Å². The zero-order valence-electron chi connectivity index (χ0n) is 15.2. The van der Waals surface area contributed by atoms with E-state index in [2.05, 4.69) is 0 Å². The van der Waals surface area contributed by atoms with Gasteiger partial charge in [-0.25, -0.2) is 13.2 Å². The van der Waals surface area contributed by atoms with Gasteiger partial charge in [-0.2, -0.15) is 4.31 Å². The van der Waals surface area contributed by atoms with Crippen molar-refractivity contribution in [3.8, 4) is 0 Å². The maximum absolute atomic E-state index is 12.6. The monoisotopic (exact) mass is 429 g/mol. The van der Waals surface area contributed by atoms with E-state index in [1.54, 1.807) is 26.0 Å². The van der Waals surface area contributed by atoms with Gasteiger partial charge in [0, 0.05) is 18.0 Å². The minimum Gasteiger partial charge on any atom is -0.454 e. The molecule has 0 saturated carbocycles. The standard InChI is InChI=1S/C18H20ClNO5S2/c1-4-20(5-2)27(23,24)13-7-8-15(19)14(10-13)18(22)25-11-16(21)17-9-6-12(3)26-17/h6-10H,4-5,11H2,1-3H3. The number of carbonyl (C=O) groups is 2. The minimum absolute atomic E-state index is 0.0530. The topological polar surface area (TPSA) is 80.8 Å². The van der Waals surface area contributed by atoms with Crippen molar-refractivity contribution in [2.45, 2.75) is 25.7 Å². The SMILES string of the molecule is CCN(CC)S(=O)(=O)c1ccc(Cl)c(C(=O)OCC(=O)c2ccc(C)s2)c1. The van der Waals surface area contributed by atoms with Crippen LogP contribution < -0.4 is 0 Å². The molecule has 0 aliphatic carbocycles. The zero-order valence-corrected chi connectivity index (χ0v) is 17.6. The lowest BCUT2D eigenvalue weighted by molar-refractivity contribution is 0.0475. The molecule has 0 spiro atoms. The largest absolute Gasteiger partial charge is 0.454 e. The van der Waals surface area contributed by atoms with Crippen LogP contribution in [0.25, 0.3) is 0 Å². The number of thiophene rings is 1. The van der Waals surface area contributed by atoms with Gasteiger partial charge in [0.1, 0.15) is 0 Å². The summed E-state index contributed by atoms with van der Waals surface area (Å²) in [5.74, 6) is -1.18. The molecule has 0 N–H and O–H groups in total. The van der Waals surface area contributed by atoms with E-state index in [0.717, 1.165) is 4.88 Å². The van der Waals surface area contributed by atoms with Crippen molar-refractivity contribution in [1.29, 1.82) is 0 Å². The predicted octanol–water partition coefficient (Wildman–Crippen LogP) is 3.78. The molecule has 2 rings (SSSR count). The molecule has 1 aromatic heterocycles. The smallest absolute Gasteiger partial charge is 0.340 e. The highest BCUT2D eigenvalue weighted by molar-refractivity contribution is 7.89. The molecule has 0 unspecified atom stereocenters. The maximum Gasteiger partial charge on any atom is 0.340 e. The van der Waals surface area contributed by atoms with Gasteiger partial charge in [0.2, 0.25) is 15.8 Å². The predicted molar refractivity (Wildman–Crippen MR) is 105 cm³/mol. The molecule has 0 radical (unpaired) electrons. The lowest BCUT2D eigenvalue weighted by atomic mass is 10.2. The number of hydrogen-bond acceptors (Lipinski definition) is 6. The molecule has 6 nitrogen and oxygen atoms in total. The fraction of sp³-hybridized carbons (Fsp3) is 0.333. The summed E-state index contributed by atoms with van der Waals surface area (Å²) in [6, 6.07) is 7.32. The van der Waals surface area contributed by atoms with E-state index >= 15 is 0 Å². The minimum atomic E-state index is -3.74. The molecular formula is C18H20ClNO5S2. The van der Waals surface area contributed by atoms with E-state index in [4.69, 9.17) is 16.3 Å². The highest BCUT2D eigenvalue weighted by atomic mass is 35.5. The number of esters is 1. The second-order valence-electron chi connectivity index (χ2n) is 5.64. The first-order chi connectivity index (χ1) is 12.7. The molecule has 2 aromatic rings. The molecule has 1 heterocycles. The van der Waals surface area contributed by atoms with E-state index in [-0.39, 0.29) is 21.3 Å². The summed E-state index contributed by atoms with van der Waals surface area (Å²) >= 11 is 7.34. The second kappa shape index (κ2) is 8.97. The molecule has 0 aliphatic rings. The van der Waals surface area contributed by atoms with Gasteiger partial charge in [0.25, 0.3) is 0 Å². The van der Waals surface area contributed by atoms with Crippen molar-refractivity contribution in [2.75, 3.05) is 19.7 Å². The highest BCUT2D eigenvalue weighted by Crippen LogP contribution is 2.24. The lowest BCUT2D eigenvalue weighted by Gasteiger charge is -2.19. The summed E-state index contributed by atoms with van der Waals surface area (Å²) in [6.07, 6.45) is 0. The quantitative estimate of drug-likeness (QED) is 0.471. The van der Waals surface area contributed by atoms with Crippen LogP contribution in [-0.4, -0.2) is 44.2 Å². The second-order valence-corrected chi connectivity index (χ2v) is 9.27. The van der Waals surface area contributed by atoms with Crippen molar-refractivity contribution in [2.24, 2.45) is 0 Å². The number of halogens is 1. The van der Waals surface area contributed by atoms with Gasteiger partial charge in [-0.1, -0.05) is 25.4 Å². The van der Waals surface area contributed by atoms with E-state index < -0.39 is 22.6 Å². The molecule has 9 heteroatoms. The van der Waals surface area contributed by atoms with Gasteiger partial charge >= 0.3 is 5.97 Å². The van der Waals surface area contributed by atoms with Gasteiger partial charge in [-0.05, 0) is 37.3 Å². The number of Topliss-reactive ketones (excluding diaryl/α,β-unsaturated/α-hetero) is 1. The van der Waals surface area contributed by atoms with Crippen molar-refractivity contribution in [3.63, 3.8) is 0 Å². The van der Waals surface area contributed by atoms with Crippen molar-refractivity contribution in [3.05, 3.63) is 50.7 Å². The Balaban J connectivity index is 2.20. The number of carbonyl (C=O) groups excluding carboxylic acids is 2. The molecule has 1 aromatic carbocycles. The molecular weight excluding hydrogens is 410 g/mol. The van der Waals surface area contributed by atoms with Gasteiger partial charge in [-0.3, -0.25) is 4.79 Å². The third-order valence-corrected chi connectivity index (χ3v) is 7.27. The first-order valence-electron chi connectivity index (χ1n) is 8.27. The summed E-state index contributed by atoms with van der Waals surface area (Å²) < 4.78 is 31.5. The normalized spacial score (nSPS) is 11.6. The number of aryl methyl sites for hydroxylation is 1.